The fourth-order valence-corrected chi connectivity index (χ4v) is 7.11. The van der Waals surface area contributed by atoms with Gasteiger partial charge in [-0.1, -0.05) is 11.6 Å². The number of rotatable bonds is 5. The highest BCUT2D eigenvalue weighted by molar-refractivity contribution is 6.32. The summed E-state index contributed by atoms with van der Waals surface area (Å²) in [6.45, 7) is 2.49. The summed E-state index contributed by atoms with van der Waals surface area (Å²) in [6, 6.07) is 8.98. The molecule has 2 aromatic heterocycles. The van der Waals surface area contributed by atoms with Crippen molar-refractivity contribution < 1.29 is 9.47 Å². The van der Waals surface area contributed by atoms with E-state index in [9.17, 15) is 0 Å². The fourth-order valence-electron chi connectivity index (χ4n) is 6.79. The molecule has 3 aromatic rings. The molecule has 1 unspecified atom stereocenters. The Balaban J connectivity index is 1.20. The van der Waals surface area contributed by atoms with Gasteiger partial charge in [-0.2, -0.15) is 5.10 Å². The second-order valence-corrected chi connectivity index (χ2v) is 10.8. The van der Waals surface area contributed by atoms with Crippen molar-refractivity contribution in [2.75, 3.05) is 27.3 Å². The molecule has 1 aromatic carbocycles. The number of H-pyrrole nitrogens is 1. The standard InChI is InChI=1S/C27H33ClN4O2/c1-33-21-5-3-20(4-6-21)32-14-18-9-17(10-19(18)15-32)22-12-23-25(13-24(22)28)30-31-27(23)16-7-8-29-26(11-16)34-2/h7-8,11-13,17-21H,3-6,9-10,14-15H2,1-2H3,(H,30,31)/t17?,18-,19+,20-,21+. The molecule has 3 aliphatic rings. The van der Waals surface area contributed by atoms with Gasteiger partial charge in [-0.25, -0.2) is 4.98 Å². The summed E-state index contributed by atoms with van der Waals surface area (Å²) in [4.78, 5) is 7.02. The fraction of sp³-hybridized carbons (Fsp3) is 0.556. The molecule has 2 aliphatic carbocycles. The zero-order chi connectivity index (χ0) is 23.2. The highest BCUT2D eigenvalue weighted by Gasteiger charge is 2.44. The summed E-state index contributed by atoms with van der Waals surface area (Å²) in [6.07, 6.45) is 9.69. The van der Waals surface area contributed by atoms with E-state index in [2.05, 4.69) is 32.2 Å². The average Bonchev–Trinajstić information content (AvgIpc) is 3.56. The third-order valence-electron chi connectivity index (χ3n) is 8.61. The van der Waals surface area contributed by atoms with Crippen LogP contribution in [0.15, 0.2) is 30.5 Å². The van der Waals surface area contributed by atoms with E-state index in [1.807, 2.05) is 19.2 Å². The van der Waals surface area contributed by atoms with Crippen LogP contribution in [0.3, 0.4) is 0 Å². The Morgan fingerprint density at radius 1 is 1.03 bits per heavy atom. The molecule has 3 heterocycles. The number of methoxy groups -OCH3 is 2. The van der Waals surface area contributed by atoms with Gasteiger partial charge in [-0.05, 0) is 80.0 Å². The van der Waals surface area contributed by atoms with Crippen molar-refractivity contribution in [3.8, 4) is 17.1 Å². The van der Waals surface area contributed by atoms with E-state index in [1.165, 1.54) is 57.2 Å². The van der Waals surface area contributed by atoms with Gasteiger partial charge in [0.15, 0.2) is 0 Å². The average molecular weight is 481 g/mol. The number of aromatic nitrogens is 3. The number of hydrogen-bond acceptors (Lipinski definition) is 5. The Morgan fingerprint density at radius 3 is 2.50 bits per heavy atom. The van der Waals surface area contributed by atoms with Crippen molar-refractivity contribution in [2.45, 2.75) is 56.6 Å². The number of ether oxygens (including phenoxy) is 2. The van der Waals surface area contributed by atoms with Gasteiger partial charge in [-0.3, -0.25) is 10.00 Å². The molecule has 1 saturated heterocycles. The number of nitrogens with zero attached hydrogens (tertiary/aromatic N) is 3. The molecule has 6 rings (SSSR count). The summed E-state index contributed by atoms with van der Waals surface area (Å²) >= 11 is 6.82. The van der Waals surface area contributed by atoms with Crippen molar-refractivity contribution in [3.63, 3.8) is 0 Å². The minimum absolute atomic E-state index is 0.473. The number of nitrogens with one attached hydrogen (secondary N) is 1. The lowest BCUT2D eigenvalue weighted by molar-refractivity contribution is 0.0420. The van der Waals surface area contributed by atoms with Crippen LogP contribution in [0.1, 0.15) is 50.0 Å². The first-order valence-electron chi connectivity index (χ1n) is 12.6. The van der Waals surface area contributed by atoms with E-state index in [0.29, 0.717) is 17.9 Å². The largest absolute Gasteiger partial charge is 0.481 e. The molecule has 7 heteroatoms. The maximum absolute atomic E-state index is 6.82. The minimum atomic E-state index is 0.473. The third kappa shape index (κ3) is 4.00. The van der Waals surface area contributed by atoms with Crippen molar-refractivity contribution in [1.29, 1.82) is 0 Å². The number of halogens is 1. The molecule has 0 spiro atoms. The number of likely N-dealkylation sites (tertiary alicyclic amines) is 1. The van der Waals surface area contributed by atoms with Crippen LogP contribution >= 0.6 is 11.6 Å². The van der Waals surface area contributed by atoms with E-state index >= 15 is 0 Å². The second kappa shape index (κ2) is 9.14. The summed E-state index contributed by atoms with van der Waals surface area (Å²) in [5, 5.41) is 9.73. The molecule has 1 N–H and O–H groups in total. The first-order chi connectivity index (χ1) is 16.6. The highest BCUT2D eigenvalue weighted by Crippen LogP contribution is 2.49. The Labute approximate surface area is 206 Å². The molecule has 3 fully saturated rings. The first-order valence-corrected chi connectivity index (χ1v) is 13.0. The van der Waals surface area contributed by atoms with Gasteiger partial charge in [0.2, 0.25) is 5.88 Å². The van der Waals surface area contributed by atoms with Gasteiger partial charge in [0.05, 0.1) is 18.7 Å². The second-order valence-electron chi connectivity index (χ2n) is 10.4. The lowest BCUT2D eigenvalue weighted by Gasteiger charge is -2.34. The van der Waals surface area contributed by atoms with Crippen LogP contribution in [-0.4, -0.2) is 59.5 Å². The Kier molecular flexibility index (Phi) is 6.00. The molecule has 1 aliphatic heterocycles. The Bertz CT molecular complexity index is 1160. The van der Waals surface area contributed by atoms with Crippen LogP contribution in [0.4, 0.5) is 0 Å². The van der Waals surface area contributed by atoms with E-state index in [-0.39, 0.29) is 0 Å². The molecular weight excluding hydrogens is 448 g/mol. The van der Waals surface area contributed by atoms with Gasteiger partial charge in [-0.15, -0.1) is 0 Å². The number of benzene rings is 1. The van der Waals surface area contributed by atoms with Crippen LogP contribution in [0.5, 0.6) is 5.88 Å². The molecule has 34 heavy (non-hydrogen) atoms. The zero-order valence-corrected chi connectivity index (χ0v) is 20.7. The molecule has 180 valence electrons. The van der Waals surface area contributed by atoms with Crippen molar-refractivity contribution >= 4 is 22.5 Å². The van der Waals surface area contributed by atoms with E-state index in [1.54, 1.807) is 13.3 Å². The summed E-state index contributed by atoms with van der Waals surface area (Å²) in [7, 11) is 3.49. The quantitative estimate of drug-likeness (QED) is 0.509. The van der Waals surface area contributed by atoms with Crippen molar-refractivity contribution in [2.24, 2.45) is 11.8 Å². The van der Waals surface area contributed by atoms with Gasteiger partial charge < -0.3 is 9.47 Å². The summed E-state index contributed by atoms with van der Waals surface area (Å²) < 4.78 is 10.9. The zero-order valence-electron chi connectivity index (χ0n) is 20.0. The monoisotopic (exact) mass is 480 g/mol. The normalized spacial score (nSPS) is 29.6. The number of pyridine rings is 1. The van der Waals surface area contributed by atoms with Crippen LogP contribution in [-0.2, 0) is 4.74 Å². The smallest absolute Gasteiger partial charge is 0.213 e. The highest BCUT2D eigenvalue weighted by atomic mass is 35.5. The Morgan fingerprint density at radius 2 is 1.79 bits per heavy atom. The number of hydrogen-bond donors (Lipinski definition) is 1. The maximum Gasteiger partial charge on any atom is 0.213 e. The molecule has 0 amide bonds. The van der Waals surface area contributed by atoms with Gasteiger partial charge in [0.25, 0.3) is 0 Å². The van der Waals surface area contributed by atoms with Crippen LogP contribution < -0.4 is 4.74 Å². The van der Waals surface area contributed by atoms with Crippen LogP contribution in [0.25, 0.3) is 22.2 Å². The van der Waals surface area contributed by atoms with E-state index in [0.717, 1.165) is 45.1 Å². The molecule has 2 saturated carbocycles. The summed E-state index contributed by atoms with van der Waals surface area (Å²) in [5.74, 6) is 2.68. The first kappa shape index (κ1) is 22.3. The maximum atomic E-state index is 6.82. The predicted octanol–water partition coefficient (Wildman–Crippen LogP) is 5.67. The molecule has 0 bridgehead atoms. The number of fused-ring (bicyclic) bond motifs is 2. The molecular formula is C27H33ClN4O2. The SMILES string of the molecule is COc1cc(-c2n[nH]c3cc(Cl)c(C4C[C@@H]5CN([C@H]6CC[C@@H](OC)CC6)C[C@@H]5C4)cc23)ccn1. The van der Waals surface area contributed by atoms with Gasteiger partial charge >= 0.3 is 0 Å². The van der Waals surface area contributed by atoms with Crippen LogP contribution in [0, 0.1) is 11.8 Å². The van der Waals surface area contributed by atoms with Crippen molar-refractivity contribution in [3.05, 3.63) is 41.0 Å². The lowest BCUT2D eigenvalue weighted by Crippen LogP contribution is -2.38. The topological polar surface area (TPSA) is 63.3 Å². The molecule has 6 nitrogen and oxygen atoms in total. The lowest BCUT2D eigenvalue weighted by atomic mass is 9.91. The van der Waals surface area contributed by atoms with E-state index in [4.69, 9.17) is 21.1 Å². The molecule has 3 atom stereocenters. The predicted molar refractivity (Wildman–Crippen MR) is 134 cm³/mol. The van der Waals surface area contributed by atoms with Gasteiger partial charge in [0.1, 0.15) is 5.69 Å². The Hall–Kier alpha value is -2.15. The minimum Gasteiger partial charge on any atom is -0.481 e. The van der Waals surface area contributed by atoms with Crippen molar-refractivity contribution in [1.82, 2.24) is 20.1 Å². The van der Waals surface area contributed by atoms with E-state index < -0.39 is 0 Å². The summed E-state index contributed by atoms with van der Waals surface area (Å²) in [5.41, 5.74) is 4.16. The number of aromatic amines is 1. The molecule has 0 radical (unpaired) electrons. The van der Waals surface area contributed by atoms with Crippen LogP contribution in [0.2, 0.25) is 5.02 Å². The third-order valence-corrected chi connectivity index (χ3v) is 8.94. The van der Waals surface area contributed by atoms with Gasteiger partial charge in [0, 0.05) is 54.5 Å².